The quantitative estimate of drug-likeness (QED) is 0.802. The number of nitrogens with one attached hydrogen (secondary N) is 1. The van der Waals surface area contributed by atoms with Crippen molar-refractivity contribution in [2.24, 2.45) is 5.92 Å². The summed E-state index contributed by atoms with van der Waals surface area (Å²) in [6.45, 7) is 1.99. The molecule has 1 aromatic rings. The lowest BCUT2D eigenvalue weighted by molar-refractivity contribution is -0.141. The van der Waals surface area contributed by atoms with Gasteiger partial charge in [-0.2, -0.15) is 0 Å². The second-order valence-electron chi connectivity index (χ2n) is 4.58. The van der Waals surface area contributed by atoms with Gasteiger partial charge in [0.05, 0.1) is 5.92 Å². The number of aliphatic carboxylic acids is 1. The Kier molecular flexibility index (Phi) is 3.43. The number of carbonyl (C=O) groups is 2. The number of carboxylic acids is 1. The van der Waals surface area contributed by atoms with Crippen molar-refractivity contribution < 1.29 is 19.1 Å². The minimum atomic E-state index is -0.850. The van der Waals surface area contributed by atoms with Crippen LogP contribution in [0.3, 0.4) is 0 Å². The lowest BCUT2D eigenvalue weighted by Crippen LogP contribution is -2.18. The number of halogens is 1. The van der Waals surface area contributed by atoms with Crippen LogP contribution in [0.25, 0.3) is 0 Å². The standard InChI is InChI=1S/C13H14FNO3/c1-7-2-10(9(6-16)3-11(7)14)12-4-8(5-15-12)13(17)18/h2-3,6,8,12,15H,4-5H2,1H3,(H,17,18). The molecule has 2 unspecified atom stereocenters. The Bertz CT molecular complexity index is 501. The number of carbonyl (C=O) groups excluding carboxylic acids is 1. The van der Waals surface area contributed by atoms with Crippen LogP contribution in [-0.2, 0) is 4.79 Å². The van der Waals surface area contributed by atoms with E-state index < -0.39 is 17.7 Å². The number of aryl methyl sites for hydroxylation is 1. The Hall–Kier alpha value is -1.75. The van der Waals surface area contributed by atoms with Crippen molar-refractivity contribution in [2.45, 2.75) is 19.4 Å². The third-order valence-electron chi connectivity index (χ3n) is 3.35. The van der Waals surface area contributed by atoms with E-state index in [1.807, 2.05) is 0 Å². The zero-order chi connectivity index (χ0) is 13.3. The fourth-order valence-corrected chi connectivity index (χ4v) is 2.28. The van der Waals surface area contributed by atoms with Crippen molar-refractivity contribution in [2.75, 3.05) is 6.54 Å². The molecule has 96 valence electrons. The maximum absolute atomic E-state index is 13.4. The molecule has 18 heavy (non-hydrogen) atoms. The van der Waals surface area contributed by atoms with Crippen molar-refractivity contribution >= 4 is 12.3 Å². The number of carboxylic acid groups (broad SMARTS) is 1. The van der Waals surface area contributed by atoms with E-state index in [9.17, 15) is 14.0 Å². The van der Waals surface area contributed by atoms with Gasteiger partial charge in [-0.25, -0.2) is 4.39 Å². The molecule has 2 N–H and O–H groups in total. The molecule has 0 aliphatic carbocycles. The van der Waals surface area contributed by atoms with Crippen molar-refractivity contribution in [3.05, 3.63) is 34.6 Å². The van der Waals surface area contributed by atoms with E-state index in [1.54, 1.807) is 13.0 Å². The summed E-state index contributed by atoms with van der Waals surface area (Å²) in [5.41, 5.74) is 1.41. The molecule has 1 fully saturated rings. The summed E-state index contributed by atoms with van der Waals surface area (Å²) >= 11 is 0. The summed E-state index contributed by atoms with van der Waals surface area (Å²) in [6.07, 6.45) is 1.02. The molecule has 0 amide bonds. The highest BCUT2D eigenvalue weighted by Crippen LogP contribution is 2.30. The second kappa shape index (κ2) is 4.86. The molecule has 2 rings (SSSR count). The predicted molar refractivity (Wildman–Crippen MR) is 63.0 cm³/mol. The van der Waals surface area contributed by atoms with Crippen LogP contribution in [-0.4, -0.2) is 23.9 Å². The van der Waals surface area contributed by atoms with E-state index in [0.29, 0.717) is 30.4 Å². The van der Waals surface area contributed by atoms with Crippen LogP contribution in [0, 0.1) is 18.7 Å². The molecule has 4 nitrogen and oxygen atoms in total. The molecule has 1 aliphatic rings. The first kappa shape index (κ1) is 12.7. The molecule has 1 saturated heterocycles. The van der Waals surface area contributed by atoms with Gasteiger partial charge in [-0.3, -0.25) is 9.59 Å². The van der Waals surface area contributed by atoms with Crippen LogP contribution >= 0.6 is 0 Å². The topological polar surface area (TPSA) is 66.4 Å². The van der Waals surface area contributed by atoms with E-state index in [4.69, 9.17) is 5.11 Å². The van der Waals surface area contributed by atoms with Crippen molar-refractivity contribution in [1.29, 1.82) is 0 Å². The summed E-state index contributed by atoms with van der Waals surface area (Å²) in [7, 11) is 0. The summed E-state index contributed by atoms with van der Waals surface area (Å²) < 4.78 is 13.4. The SMILES string of the molecule is Cc1cc(C2CC(C(=O)O)CN2)c(C=O)cc1F. The Morgan fingerprint density at radius 3 is 2.83 bits per heavy atom. The first-order chi connectivity index (χ1) is 8.52. The van der Waals surface area contributed by atoms with Crippen LogP contribution in [0.4, 0.5) is 4.39 Å². The van der Waals surface area contributed by atoms with Gasteiger partial charge in [0.2, 0.25) is 0 Å². The zero-order valence-corrected chi connectivity index (χ0v) is 9.94. The minimum Gasteiger partial charge on any atom is -0.481 e. The molecule has 0 radical (unpaired) electrons. The first-order valence-electron chi connectivity index (χ1n) is 5.74. The molecule has 1 aromatic carbocycles. The zero-order valence-electron chi connectivity index (χ0n) is 9.94. The van der Waals surface area contributed by atoms with Gasteiger partial charge >= 0.3 is 5.97 Å². The molecule has 0 spiro atoms. The highest BCUT2D eigenvalue weighted by Gasteiger charge is 2.31. The van der Waals surface area contributed by atoms with Crippen LogP contribution in [0.5, 0.6) is 0 Å². The van der Waals surface area contributed by atoms with Crippen molar-refractivity contribution in [3.8, 4) is 0 Å². The molecule has 1 aliphatic heterocycles. The minimum absolute atomic E-state index is 0.203. The van der Waals surface area contributed by atoms with Gasteiger partial charge in [-0.15, -0.1) is 0 Å². The molecule has 1 heterocycles. The van der Waals surface area contributed by atoms with Gasteiger partial charge in [-0.1, -0.05) is 6.07 Å². The Labute approximate surface area is 104 Å². The summed E-state index contributed by atoms with van der Waals surface area (Å²) in [5, 5.41) is 12.0. The lowest BCUT2D eigenvalue weighted by Gasteiger charge is -2.14. The molecule has 2 atom stereocenters. The number of aldehydes is 1. The van der Waals surface area contributed by atoms with Crippen LogP contribution in [0.2, 0.25) is 0 Å². The van der Waals surface area contributed by atoms with E-state index in [1.165, 1.54) is 6.07 Å². The first-order valence-corrected chi connectivity index (χ1v) is 5.74. The smallest absolute Gasteiger partial charge is 0.307 e. The molecule has 5 heteroatoms. The van der Waals surface area contributed by atoms with Gasteiger partial charge in [0.15, 0.2) is 0 Å². The third kappa shape index (κ3) is 2.26. The van der Waals surface area contributed by atoms with Gasteiger partial charge in [-0.05, 0) is 30.5 Å². The van der Waals surface area contributed by atoms with Crippen molar-refractivity contribution in [3.63, 3.8) is 0 Å². The van der Waals surface area contributed by atoms with Gasteiger partial charge < -0.3 is 10.4 Å². The average Bonchev–Trinajstić information content (AvgIpc) is 2.81. The molecular formula is C13H14FNO3. The summed E-state index contributed by atoms with van der Waals surface area (Å²) in [5.74, 6) is -1.73. The Morgan fingerprint density at radius 1 is 1.56 bits per heavy atom. The van der Waals surface area contributed by atoms with Gasteiger partial charge in [0.25, 0.3) is 0 Å². The Morgan fingerprint density at radius 2 is 2.28 bits per heavy atom. The van der Waals surface area contributed by atoms with Gasteiger partial charge in [0.1, 0.15) is 12.1 Å². The van der Waals surface area contributed by atoms with E-state index in [-0.39, 0.29) is 11.6 Å². The maximum Gasteiger partial charge on any atom is 0.307 e. The summed E-state index contributed by atoms with van der Waals surface area (Å²) in [4.78, 5) is 21.8. The van der Waals surface area contributed by atoms with E-state index in [0.717, 1.165) is 0 Å². The number of hydrogen-bond donors (Lipinski definition) is 2. The normalized spacial score (nSPS) is 23.0. The van der Waals surface area contributed by atoms with Gasteiger partial charge in [0, 0.05) is 18.2 Å². The molecule has 0 bridgehead atoms. The average molecular weight is 251 g/mol. The van der Waals surface area contributed by atoms with E-state index >= 15 is 0 Å². The molecule has 0 saturated carbocycles. The monoisotopic (exact) mass is 251 g/mol. The van der Waals surface area contributed by atoms with Crippen LogP contribution < -0.4 is 5.32 Å². The highest BCUT2D eigenvalue weighted by molar-refractivity contribution is 5.78. The van der Waals surface area contributed by atoms with E-state index in [2.05, 4.69) is 5.32 Å². The predicted octanol–water partition coefficient (Wildman–Crippen LogP) is 1.68. The maximum atomic E-state index is 13.4. The van der Waals surface area contributed by atoms with Crippen LogP contribution in [0.1, 0.15) is 33.9 Å². The molecule has 0 aromatic heterocycles. The number of benzene rings is 1. The third-order valence-corrected chi connectivity index (χ3v) is 3.35. The highest BCUT2D eigenvalue weighted by atomic mass is 19.1. The van der Waals surface area contributed by atoms with Crippen LogP contribution in [0.15, 0.2) is 12.1 Å². The second-order valence-corrected chi connectivity index (χ2v) is 4.58. The fraction of sp³-hybridized carbons (Fsp3) is 0.385. The fourth-order valence-electron chi connectivity index (χ4n) is 2.28. The number of hydrogen-bond acceptors (Lipinski definition) is 3. The largest absolute Gasteiger partial charge is 0.481 e. The number of rotatable bonds is 3. The molecular weight excluding hydrogens is 237 g/mol. The van der Waals surface area contributed by atoms with Crippen molar-refractivity contribution in [1.82, 2.24) is 5.32 Å². The lowest BCUT2D eigenvalue weighted by atomic mass is 9.95. The summed E-state index contributed by atoms with van der Waals surface area (Å²) in [6, 6.07) is 2.61. The Balaban J connectivity index is 2.31.